The lowest BCUT2D eigenvalue weighted by Crippen LogP contribution is -2.33. The average Bonchev–Trinajstić information content (AvgIpc) is 2.41. The van der Waals surface area contributed by atoms with Crippen molar-refractivity contribution in [3.05, 3.63) is 28.2 Å². The standard InChI is InChI=1S/C13H13BrN4O/c14-12-10(4-1-5-11(12)17)13(19)18(8-2-6-15)9-3-7-16/h1,4-5H,2-3,8-9,17H2. The van der Waals surface area contributed by atoms with Crippen LogP contribution in [0.15, 0.2) is 22.7 Å². The number of nitrogens with two attached hydrogens (primary N) is 1. The van der Waals surface area contributed by atoms with Gasteiger partial charge in [-0.2, -0.15) is 10.5 Å². The third-order valence-corrected chi connectivity index (χ3v) is 3.42. The molecule has 0 aromatic heterocycles. The number of carbonyl (C=O) groups excluding carboxylic acids is 1. The monoisotopic (exact) mass is 320 g/mol. The number of hydrogen-bond acceptors (Lipinski definition) is 4. The first-order valence-corrected chi connectivity index (χ1v) is 6.48. The number of nitriles is 2. The van der Waals surface area contributed by atoms with E-state index in [1.807, 2.05) is 12.1 Å². The normalized spacial score (nSPS) is 9.42. The quantitative estimate of drug-likeness (QED) is 0.842. The van der Waals surface area contributed by atoms with Gasteiger partial charge < -0.3 is 10.6 Å². The van der Waals surface area contributed by atoms with Crippen molar-refractivity contribution in [3.63, 3.8) is 0 Å². The Kier molecular flexibility index (Phi) is 5.84. The fourth-order valence-electron chi connectivity index (χ4n) is 1.57. The van der Waals surface area contributed by atoms with Crippen molar-refractivity contribution in [3.8, 4) is 12.1 Å². The molecule has 6 heteroatoms. The molecule has 0 aliphatic heterocycles. The van der Waals surface area contributed by atoms with E-state index < -0.39 is 0 Å². The SMILES string of the molecule is N#CCCN(CCC#N)C(=O)c1cccc(N)c1Br. The van der Waals surface area contributed by atoms with E-state index in [-0.39, 0.29) is 18.7 Å². The molecule has 98 valence electrons. The predicted molar refractivity (Wildman–Crippen MR) is 74.9 cm³/mol. The van der Waals surface area contributed by atoms with Crippen molar-refractivity contribution in [2.45, 2.75) is 12.8 Å². The number of rotatable bonds is 5. The van der Waals surface area contributed by atoms with Crippen molar-refractivity contribution in [2.24, 2.45) is 0 Å². The second-order valence-electron chi connectivity index (χ2n) is 3.82. The van der Waals surface area contributed by atoms with E-state index in [1.54, 1.807) is 18.2 Å². The molecule has 1 aromatic rings. The molecule has 0 unspecified atom stereocenters. The van der Waals surface area contributed by atoms with Gasteiger partial charge in [-0.15, -0.1) is 0 Å². The molecule has 0 bridgehead atoms. The fourth-order valence-corrected chi connectivity index (χ4v) is 2.00. The summed E-state index contributed by atoms with van der Waals surface area (Å²) in [6, 6.07) is 9.03. The Hall–Kier alpha value is -2.05. The minimum absolute atomic E-state index is 0.232. The van der Waals surface area contributed by atoms with E-state index in [4.69, 9.17) is 16.3 Å². The van der Waals surface area contributed by atoms with Crippen molar-refractivity contribution < 1.29 is 4.79 Å². The topological polar surface area (TPSA) is 93.9 Å². The third-order valence-electron chi connectivity index (χ3n) is 2.53. The summed E-state index contributed by atoms with van der Waals surface area (Å²) in [6.45, 7) is 0.608. The number of anilines is 1. The van der Waals surface area contributed by atoms with Crippen molar-refractivity contribution >= 4 is 27.5 Å². The van der Waals surface area contributed by atoms with E-state index in [1.165, 1.54) is 4.90 Å². The number of benzene rings is 1. The highest BCUT2D eigenvalue weighted by Gasteiger charge is 2.18. The minimum atomic E-state index is -0.232. The van der Waals surface area contributed by atoms with Crippen LogP contribution in [0.5, 0.6) is 0 Å². The lowest BCUT2D eigenvalue weighted by atomic mass is 10.1. The Balaban J connectivity index is 2.95. The Morgan fingerprint density at radius 3 is 2.37 bits per heavy atom. The third kappa shape index (κ3) is 3.97. The zero-order valence-electron chi connectivity index (χ0n) is 10.3. The number of amides is 1. The number of hydrogen-bond donors (Lipinski definition) is 1. The van der Waals surface area contributed by atoms with Gasteiger partial charge in [0.15, 0.2) is 0 Å². The summed E-state index contributed by atoms with van der Waals surface area (Å²) in [5.41, 5.74) is 6.66. The van der Waals surface area contributed by atoms with Crippen LogP contribution in [-0.4, -0.2) is 23.9 Å². The number of carbonyl (C=O) groups is 1. The maximum absolute atomic E-state index is 12.4. The van der Waals surface area contributed by atoms with Crippen LogP contribution in [0.3, 0.4) is 0 Å². The van der Waals surface area contributed by atoms with Crippen molar-refractivity contribution in [1.29, 1.82) is 10.5 Å². The molecular weight excluding hydrogens is 308 g/mol. The molecule has 1 rings (SSSR count). The second-order valence-corrected chi connectivity index (χ2v) is 4.61. The fraction of sp³-hybridized carbons (Fsp3) is 0.308. The average molecular weight is 321 g/mol. The van der Waals surface area contributed by atoms with Gasteiger partial charge >= 0.3 is 0 Å². The largest absolute Gasteiger partial charge is 0.398 e. The Morgan fingerprint density at radius 2 is 1.84 bits per heavy atom. The summed E-state index contributed by atoms with van der Waals surface area (Å²) < 4.78 is 0.541. The van der Waals surface area contributed by atoms with Crippen LogP contribution in [0.2, 0.25) is 0 Å². The molecule has 1 aromatic carbocycles. The zero-order chi connectivity index (χ0) is 14.3. The lowest BCUT2D eigenvalue weighted by molar-refractivity contribution is 0.0761. The van der Waals surface area contributed by atoms with Gasteiger partial charge in [0.25, 0.3) is 5.91 Å². The number of nitrogen functional groups attached to an aromatic ring is 1. The molecular formula is C13H13BrN4O. The van der Waals surface area contributed by atoms with Crippen LogP contribution < -0.4 is 5.73 Å². The van der Waals surface area contributed by atoms with Crippen LogP contribution >= 0.6 is 15.9 Å². The highest BCUT2D eigenvalue weighted by atomic mass is 79.9. The summed E-state index contributed by atoms with van der Waals surface area (Å²) in [5, 5.41) is 17.2. The van der Waals surface area contributed by atoms with Gasteiger partial charge in [0.2, 0.25) is 0 Å². The number of halogens is 1. The maximum Gasteiger partial charge on any atom is 0.255 e. The first-order chi connectivity index (χ1) is 9.11. The van der Waals surface area contributed by atoms with Gasteiger partial charge in [-0.1, -0.05) is 6.07 Å². The summed E-state index contributed by atoms with van der Waals surface area (Å²) >= 11 is 3.28. The van der Waals surface area contributed by atoms with Crippen LogP contribution in [-0.2, 0) is 0 Å². The summed E-state index contributed by atoms with van der Waals surface area (Å²) in [5.74, 6) is -0.232. The van der Waals surface area contributed by atoms with Crippen LogP contribution in [0.1, 0.15) is 23.2 Å². The molecule has 0 saturated carbocycles. The molecule has 0 spiro atoms. The van der Waals surface area contributed by atoms with E-state index in [9.17, 15) is 4.79 Å². The van der Waals surface area contributed by atoms with Gasteiger partial charge in [0.05, 0.1) is 35.0 Å². The predicted octanol–water partition coefficient (Wildman–Crippen LogP) is 2.30. The Bertz CT molecular complexity index is 527. The Morgan fingerprint density at radius 1 is 1.26 bits per heavy atom. The van der Waals surface area contributed by atoms with Crippen LogP contribution in [0.25, 0.3) is 0 Å². The van der Waals surface area contributed by atoms with Crippen LogP contribution in [0, 0.1) is 22.7 Å². The second kappa shape index (κ2) is 7.40. The van der Waals surface area contributed by atoms with Crippen molar-refractivity contribution in [2.75, 3.05) is 18.8 Å². The van der Waals surface area contributed by atoms with Gasteiger partial charge in [-0.25, -0.2) is 0 Å². The molecule has 0 atom stereocenters. The van der Waals surface area contributed by atoms with Crippen LogP contribution in [0.4, 0.5) is 5.69 Å². The minimum Gasteiger partial charge on any atom is -0.398 e. The zero-order valence-corrected chi connectivity index (χ0v) is 11.9. The highest BCUT2D eigenvalue weighted by Crippen LogP contribution is 2.25. The molecule has 1 amide bonds. The molecule has 0 aliphatic rings. The molecule has 0 fully saturated rings. The first-order valence-electron chi connectivity index (χ1n) is 5.69. The molecule has 0 aliphatic carbocycles. The van der Waals surface area contributed by atoms with Gasteiger partial charge in [-0.3, -0.25) is 4.79 Å². The van der Waals surface area contributed by atoms with E-state index in [0.717, 1.165) is 0 Å². The molecule has 5 nitrogen and oxygen atoms in total. The smallest absolute Gasteiger partial charge is 0.255 e. The van der Waals surface area contributed by atoms with E-state index in [2.05, 4.69) is 15.9 Å². The van der Waals surface area contributed by atoms with Gasteiger partial charge in [0.1, 0.15) is 0 Å². The molecule has 19 heavy (non-hydrogen) atoms. The van der Waals surface area contributed by atoms with E-state index in [0.29, 0.717) is 28.8 Å². The summed E-state index contributed by atoms with van der Waals surface area (Å²) in [6.07, 6.45) is 0.466. The Labute approximate surface area is 120 Å². The molecule has 0 radical (unpaired) electrons. The van der Waals surface area contributed by atoms with E-state index >= 15 is 0 Å². The molecule has 0 heterocycles. The number of nitrogens with zero attached hydrogens (tertiary/aromatic N) is 3. The highest BCUT2D eigenvalue weighted by molar-refractivity contribution is 9.10. The first kappa shape index (κ1) is 15.0. The van der Waals surface area contributed by atoms with Gasteiger partial charge in [0, 0.05) is 18.8 Å². The maximum atomic E-state index is 12.4. The molecule has 0 saturated heterocycles. The van der Waals surface area contributed by atoms with Crippen molar-refractivity contribution in [1.82, 2.24) is 4.90 Å². The lowest BCUT2D eigenvalue weighted by Gasteiger charge is -2.21. The summed E-state index contributed by atoms with van der Waals surface area (Å²) in [7, 11) is 0. The summed E-state index contributed by atoms with van der Waals surface area (Å²) in [4.78, 5) is 13.8. The molecule has 2 N–H and O–H groups in total. The van der Waals surface area contributed by atoms with Gasteiger partial charge in [-0.05, 0) is 28.1 Å².